The topological polar surface area (TPSA) is 72.4 Å². The van der Waals surface area contributed by atoms with Gasteiger partial charge in [0.25, 0.3) is 5.91 Å². The SMILES string of the molecule is Cc1cc(C)n2cc(CNC(=O)c3cc(CC(C)c4ccccc4)no3)nc2c1. The number of hydrogen-bond acceptors (Lipinski definition) is 4. The van der Waals surface area contributed by atoms with Gasteiger partial charge < -0.3 is 14.2 Å². The predicted octanol–water partition coefficient (Wildman–Crippen LogP) is 4.22. The van der Waals surface area contributed by atoms with E-state index >= 15 is 0 Å². The molecule has 0 radical (unpaired) electrons. The lowest BCUT2D eigenvalue weighted by atomic mass is 9.96. The van der Waals surface area contributed by atoms with Crippen molar-refractivity contribution in [1.29, 1.82) is 0 Å². The van der Waals surface area contributed by atoms with Crippen molar-refractivity contribution in [3.8, 4) is 0 Å². The quantitative estimate of drug-likeness (QED) is 0.537. The average Bonchev–Trinajstić information content (AvgIpc) is 3.34. The van der Waals surface area contributed by atoms with E-state index in [0.29, 0.717) is 18.9 Å². The fourth-order valence-corrected chi connectivity index (χ4v) is 3.54. The second-order valence-electron chi connectivity index (χ2n) is 7.52. The van der Waals surface area contributed by atoms with Crippen molar-refractivity contribution in [3.63, 3.8) is 0 Å². The summed E-state index contributed by atoms with van der Waals surface area (Å²) in [6, 6.07) is 16.1. The van der Waals surface area contributed by atoms with Crippen LogP contribution in [0.1, 0.15) is 51.6 Å². The number of nitrogens with one attached hydrogen (secondary N) is 1. The lowest BCUT2D eigenvalue weighted by Crippen LogP contribution is -2.22. The highest BCUT2D eigenvalue weighted by molar-refractivity contribution is 5.91. The zero-order chi connectivity index (χ0) is 20.4. The van der Waals surface area contributed by atoms with E-state index in [1.807, 2.05) is 48.7 Å². The van der Waals surface area contributed by atoms with E-state index in [4.69, 9.17) is 4.52 Å². The Balaban J connectivity index is 1.39. The number of nitrogens with zero attached hydrogens (tertiary/aromatic N) is 3. The molecule has 1 aromatic carbocycles. The van der Waals surface area contributed by atoms with Crippen molar-refractivity contribution in [2.45, 2.75) is 39.7 Å². The van der Waals surface area contributed by atoms with Crippen LogP contribution in [0.5, 0.6) is 0 Å². The first-order chi connectivity index (χ1) is 14.0. The van der Waals surface area contributed by atoms with E-state index < -0.39 is 0 Å². The Morgan fingerprint density at radius 3 is 2.72 bits per heavy atom. The number of amides is 1. The number of fused-ring (bicyclic) bond motifs is 1. The first-order valence-corrected chi connectivity index (χ1v) is 9.73. The van der Waals surface area contributed by atoms with Gasteiger partial charge in [0.05, 0.1) is 17.9 Å². The molecule has 29 heavy (non-hydrogen) atoms. The van der Waals surface area contributed by atoms with E-state index in [1.165, 1.54) is 5.56 Å². The van der Waals surface area contributed by atoms with Gasteiger partial charge >= 0.3 is 0 Å². The highest BCUT2D eigenvalue weighted by Crippen LogP contribution is 2.20. The molecule has 0 bridgehead atoms. The Labute approximate surface area is 169 Å². The minimum absolute atomic E-state index is 0.219. The first-order valence-electron chi connectivity index (χ1n) is 9.73. The van der Waals surface area contributed by atoms with E-state index in [2.05, 4.69) is 40.6 Å². The van der Waals surface area contributed by atoms with Crippen LogP contribution in [0.2, 0.25) is 0 Å². The molecule has 1 unspecified atom stereocenters. The molecule has 1 N–H and O–H groups in total. The van der Waals surface area contributed by atoms with Crippen molar-refractivity contribution in [2.24, 2.45) is 0 Å². The lowest BCUT2D eigenvalue weighted by molar-refractivity contribution is 0.0913. The molecular formula is C23H24N4O2. The molecule has 4 aromatic rings. The van der Waals surface area contributed by atoms with Gasteiger partial charge in [0, 0.05) is 18.0 Å². The van der Waals surface area contributed by atoms with Gasteiger partial charge in [0.15, 0.2) is 0 Å². The Hall–Kier alpha value is -3.41. The third kappa shape index (κ3) is 4.21. The molecule has 1 atom stereocenters. The summed E-state index contributed by atoms with van der Waals surface area (Å²) in [6.45, 7) is 6.55. The molecule has 148 valence electrons. The number of imidazole rings is 1. The summed E-state index contributed by atoms with van der Waals surface area (Å²) < 4.78 is 7.28. The lowest BCUT2D eigenvalue weighted by Gasteiger charge is -2.08. The molecule has 3 aromatic heterocycles. The smallest absolute Gasteiger partial charge is 0.290 e. The molecule has 6 heteroatoms. The van der Waals surface area contributed by atoms with Gasteiger partial charge in [-0.3, -0.25) is 4.79 Å². The van der Waals surface area contributed by atoms with Crippen molar-refractivity contribution in [3.05, 3.63) is 88.7 Å². The molecule has 0 saturated carbocycles. The van der Waals surface area contributed by atoms with Gasteiger partial charge in [-0.15, -0.1) is 0 Å². The Bertz CT molecular complexity index is 1140. The van der Waals surface area contributed by atoms with E-state index in [1.54, 1.807) is 6.07 Å². The molecule has 0 aliphatic carbocycles. The van der Waals surface area contributed by atoms with Crippen LogP contribution in [-0.4, -0.2) is 20.4 Å². The van der Waals surface area contributed by atoms with Gasteiger partial charge in [0.2, 0.25) is 5.76 Å². The van der Waals surface area contributed by atoms with Crippen molar-refractivity contribution < 1.29 is 9.32 Å². The van der Waals surface area contributed by atoms with Gasteiger partial charge in [-0.25, -0.2) is 4.98 Å². The number of hydrogen-bond donors (Lipinski definition) is 1. The van der Waals surface area contributed by atoms with Crippen LogP contribution >= 0.6 is 0 Å². The number of aromatic nitrogens is 3. The van der Waals surface area contributed by atoms with Crippen LogP contribution < -0.4 is 5.32 Å². The maximum Gasteiger partial charge on any atom is 0.290 e. The molecule has 1 amide bonds. The highest BCUT2D eigenvalue weighted by Gasteiger charge is 2.16. The second kappa shape index (κ2) is 7.91. The first kappa shape index (κ1) is 18.9. The summed E-state index contributed by atoms with van der Waals surface area (Å²) in [7, 11) is 0. The summed E-state index contributed by atoms with van der Waals surface area (Å²) in [5.41, 5.74) is 5.95. The summed E-state index contributed by atoms with van der Waals surface area (Å²) in [5.74, 6) is 0.221. The van der Waals surface area contributed by atoms with Crippen LogP contribution in [0.25, 0.3) is 5.65 Å². The molecule has 4 rings (SSSR count). The number of pyridine rings is 1. The number of benzene rings is 1. The van der Waals surface area contributed by atoms with Crippen LogP contribution in [0, 0.1) is 13.8 Å². The minimum atomic E-state index is -0.291. The molecule has 6 nitrogen and oxygen atoms in total. The van der Waals surface area contributed by atoms with Crippen LogP contribution in [0.3, 0.4) is 0 Å². The van der Waals surface area contributed by atoms with Crippen LogP contribution in [0.15, 0.2) is 59.3 Å². The monoisotopic (exact) mass is 388 g/mol. The number of carbonyl (C=O) groups is 1. The second-order valence-corrected chi connectivity index (χ2v) is 7.52. The predicted molar refractivity (Wildman–Crippen MR) is 111 cm³/mol. The number of rotatable bonds is 6. The molecular weight excluding hydrogens is 364 g/mol. The molecule has 3 heterocycles. The van der Waals surface area contributed by atoms with Crippen molar-refractivity contribution in [1.82, 2.24) is 19.9 Å². The maximum absolute atomic E-state index is 12.4. The number of aryl methyl sites for hydroxylation is 2. The summed E-state index contributed by atoms with van der Waals surface area (Å²) in [4.78, 5) is 17.0. The van der Waals surface area contributed by atoms with Crippen molar-refractivity contribution in [2.75, 3.05) is 0 Å². The maximum atomic E-state index is 12.4. The van der Waals surface area contributed by atoms with Gasteiger partial charge in [-0.05, 0) is 49.4 Å². The van der Waals surface area contributed by atoms with Crippen LogP contribution in [0.4, 0.5) is 0 Å². The molecule has 0 aliphatic heterocycles. The van der Waals surface area contributed by atoms with E-state index in [9.17, 15) is 4.79 Å². The molecule has 0 aliphatic rings. The molecule has 0 saturated heterocycles. The van der Waals surface area contributed by atoms with E-state index in [-0.39, 0.29) is 11.7 Å². The van der Waals surface area contributed by atoms with Crippen molar-refractivity contribution >= 4 is 11.6 Å². The van der Waals surface area contributed by atoms with Crippen LogP contribution in [-0.2, 0) is 13.0 Å². The summed E-state index contributed by atoms with van der Waals surface area (Å²) >= 11 is 0. The normalized spacial score (nSPS) is 12.2. The molecule has 0 fully saturated rings. The highest BCUT2D eigenvalue weighted by atomic mass is 16.5. The largest absolute Gasteiger partial charge is 0.351 e. The molecule has 0 spiro atoms. The van der Waals surface area contributed by atoms with Gasteiger partial charge in [-0.1, -0.05) is 42.4 Å². The minimum Gasteiger partial charge on any atom is -0.351 e. The average molecular weight is 388 g/mol. The Kier molecular flexibility index (Phi) is 5.16. The zero-order valence-corrected chi connectivity index (χ0v) is 16.8. The van der Waals surface area contributed by atoms with Gasteiger partial charge in [-0.2, -0.15) is 0 Å². The third-order valence-electron chi connectivity index (χ3n) is 5.05. The number of carbonyl (C=O) groups excluding carboxylic acids is 1. The van der Waals surface area contributed by atoms with E-state index in [0.717, 1.165) is 28.3 Å². The third-order valence-corrected chi connectivity index (χ3v) is 5.05. The zero-order valence-electron chi connectivity index (χ0n) is 16.8. The fourth-order valence-electron chi connectivity index (χ4n) is 3.54. The Morgan fingerprint density at radius 1 is 1.14 bits per heavy atom. The summed E-state index contributed by atoms with van der Waals surface area (Å²) in [6.07, 6.45) is 2.66. The summed E-state index contributed by atoms with van der Waals surface area (Å²) in [5, 5.41) is 6.92. The standard InChI is InChI=1S/C23H24N4O2/c1-15-9-17(3)27-14-20(25-22(27)10-15)13-24-23(28)21-12-19(26-29-21)11-16(2)18-7-5-4-6-8-18/h4-10,12,14,16H,11,13H2,1-3H3,(H,24,28). The van der Waals surface area contributed by atoms with Gasteiger partial charge in [0.1, 0.15) is 5.65 Å². The fraction of sp³-hybridized carbons (Fsp3) is 0.261. The Morgan fingerprint density at radius 2 is 1.93 bits per heavy atom.